The molecule has 0 saturated carbocycles. The van der Waals surface area contributed by atoms with E-state index in [1.165, 1.54) is 0 Å². The van der Waals surface area contributed by atoms with Gasteiger partial charge in [-0.3, -0.25) is 0 Å². The molecule has 0 aromatic heterocycles. The number of hydrogen-bond acceptors (Lipinski definition) is 2. The van der Waals surface area contributed by atoms with E-state index in [4.69, 9.17) is 10.8 Å². The summed E-state index contributed by atoms with van der Waals surface area (Å²) in [6, 6.07) is 0. The van der Waals surface area contributed by atoms with Crippen molar-refractivity contribution in [2.75, 3.05) is 0 Å². The van der Waals surface area contributed by atoms with E-state index in [9.17, 15) is 0 Å². The lowest BCUT2D eigenvalue weighted by Gasteiger charge is -2.20. The minimum Gasteiger partial charge on any atom is -0.508 e. The second-order valence-electron chi connectivity index (χ2n) is 2.68. The Morgan fingerprint density at radius 2 is 2.44 bits per heavy atom. The van der Waals surface area contributed by atoms with Crippen molar-refractivity contribution < 1.29 is 5.11 Å². The minimum absolute atomic E-state index is 0.270. The molecule has 1 unspecified atom stereocenters. The molecule has 0 amide bonds. The largest absolute Gasteiger partial charge is 0.508 e. The summed E-state index contributed by atoms with van der Waals surface area (Å²) in [4.78, 5) is 0. The highest BCUT2D eigenvalue weighted by atomic mass is 16.3. The molecule has 0 radical (unpaired) electrons. The molecule has 50 valence electrons. The first-order chi connectivity index (χ1) is 4.10. The Morgan fingerprint density at radius 3 is 2.78 bits per heavy atom. The fourth-order valence-corrected chi connectivity index (χ4v) is 0.878. The molecule has 1 aliphatic carbocycles. The molecule has 0 aromatic rings. The fraction of sp³-hybridized carbons (Fsp3) is 0.429. The zero-order valence-electron chi connectivity index (χ0n) is 5.46. The van der Waals surface area contributed by atoms with E-state index in [0.717, 1.165) is 6.42 Å². The number of aliphatic hydroxyl groups is 1. The normalized spacial score (nSPS) is 34.2. The molecule has 0 heterocycles. The van der Waals surface area contributed by atoms with Gasteiger partial charge >= 0.3 is 0 Å². The second kappa shape index (κ2) is 1.88. The van der Waals surface area contributed by atoms with Crippen LogP contribution < -0.4 is 5.73 Å². The topological polar surface area (TPSA) is 46.2 Å². The molecule has 3 N–H and O–H groups in total. The zero-order valence-corrected chi connectivity index (χ0v) is 5.46. The summed E-state index contributed by atoms with van der Waals surface area (Å²) in [5.74, 6) is 0.270. The van der Waals surface area contributed by atoms with E-state index in [2.05, 4.69) is 0 Å². The van der Waals surface area contributed by atoms with Crippen LogP contribution in [0.1, 0.15) is 13.3 Å². The first kappa shape index (κ1) is 6.36. The average molecular weight is 125 g/mol. The first-order valence-corrected chi connectivity index (χ1v) is 2.97. The van der Waals surface area contributed by atoms with E-state index in [1.54, 1.807) is 12.2 Å². The molecule has 0 spiro atoms. The third-order valence-corrected chi connectivity index (χ3v) is 1.32. The highest BCUT2D eigenvalue weighted by Crippen LogP contribution is 2.15. The monoisotopic (exact) mass is 125 g/mol. The predicted octanol–water partition coefficient (Wildman–Crippen LogP) is 1.11. The zero-order chi connectivity index (χ0) is 6.91. The maximum Gasteiger partial charge on any atom is 0.113 e. The van der Waals surface area contributed by atoms with Gasteiger partial charge in [0.2, 0.25) is 0 Å². The summed E-state index contributed by atoms with van der Waals surface area (Å²) in [6.07, 6.45) is 5.99. The summed E-state index contributed by atoms with van der Waals surface area (Å²) in [6.45, 7) is 1.88. The van der Waals surface area contributed by atoms with Crippen LogP contribution in [0.4, 0.5) is 0 Å². The van der Waals surface area contributed by atoms with Crippen molar-refractivity contribution in [3.63, 3.8) is 0 Å². The van der Waals surface area contributed by atoms with Crippen LogP contribution in [-0.2, 0) is 0 Å². The van der Waals surface area contributed by atoms with Crippen molar-refractivity contribution in [1.29, 1.82) is 0 Å². The molecular formula is C7H11NO. The number of hydrogen-bond donors (Lipinski definition) is 2. The SMILES string of the molecule is CC1(N)C=C(O)C=CC1. The lowest BCUT2D eigenvalue weighted by Crippen LogP contribution is -2.34. The second-order valence-corrected chi connectivity index (χ2v) is 2.68. The number of allylic oxidation sites excluding steroid dienone is 1. The van der Waals surface area contributed by atoms with Crippen molar-refractivity contribution in [3.05, 3.63) is 24.0 Å². The molecule has 1 aliphatic rings. The fourth-order valence-electron chi connectivity index (χ4n) is 0.878. The summed E-state index contributed by atoms with van der Waals surface area (Å²) < 4.78 is 0. The van der Waals surface area contributed by atoms with Crippen LogP contribution in [0, 0.1) is 0 Å². The van der Waals surface area contributed by atoms with Crippen molar-refractivity contribution in [1.82, 2.24) is 0 Å². The third-order valence-electron chi connectivity index (χ3n) is 1.32. The van der Waals surface area contributed by atoms with Crippen LogP contribution >= 0.6 is 0 Å². The minimum atomic E-state index is -0.348. The van der Waals surface area contributed by atoms with Gasteiger partial charge in [-0.15, -0.1) is 0 Å². The van der Waals surface area contributed by atoms with Crippen molar-refractivity contribution in [2.45, 2.75) is 18.9 Å². The summed E-state index contributed by atoms with van der Waals surface area (Å²) in [5.41, 5.74) is 5.33. The lowest BCUT2D eigenvalue weighted by molar-refractivity contribution is 0.411. The molecule has 9 heavy (non-hydrogen) atoms. The number of rotatable bonds is 0. The van der Waals surface area contributed by atoms with Gasteiger partial charge in [0.1, 0.15) is 5.76 Å². The summed E-state index contributed by atoms with van der Waals surface area (Å²) in [5, 5.41) is 8.94. The van der Waals surface area contributed by atoms with Gasteiger partial charge in [0.25, 0.3) is 0 Å². The Hall–Kier alpha value is -0.760. The molecule has 2 nitrogen and oxygen atoms in total. The third kappa shape index (κ3) is 1.57. The van der Waals surface area contributed by atoms with Gasteiger partial charge in [0.15, 0.2) is 0 Å². The highest BCUT2D eigenvalue weighted by Gasteiger charge is 2.16. The van der Waals surface area contributed by atoms with Crippen LogP contribution in [0.15, 0.2) is 24.0 Å². The van der Waals surface area contributed by atoms with E-state index in [1.807, 2.05) is 13.0 Å². The van der Waals surface area contributed by atoms with Gasteiger partial charge in [0, 0.05) is 5.54 Å². The predicted molar refractivity (Wildman–Crippen MR) is 37.1 cm³/mol. The molecule has 0 fully saturated rings. The van der Waals surface area contributed by atoms with Gasteiger partial charge in [-0.05, 0) is 25.5 Å². The Labute approximate surface area is 54.7 Å². The number of aliphatic hydroxyl groups excluding tert-OH is 1. The van der Waals surface area contributed by atoms with Crippen molar-refractivity contribution in [3.8, 4) is 0 Å². The van der Waals surface area contributed by atoms with Crippen LogP contribution in [0.2, 0.25) is 0 Å². The van der Waals surface area contributed by atoms with Gasteiger partial charge in [-0.25, -0.2) is 0 Å². The van der Waals surface area contributed by atoms with Crippen molar-refractivity contribution in [2.24, 2.45) is 5.73 Å². The van der Waals surface area contributed by atoms with E-state index < -0.39 is 0 Å². The van der Waals surface area contributed by atoms with Gasteiger partial charge in [-0.2, -0.15) is 0 Å². The number of nitrogens with two attached hydrogens (primary N) is 1. The summed E-state index contributed by atoms with van der Waals surface area (Å²) >= 11 is 0. The van der Waals surface area contributed by atoms with Gasteiger partial charge in [0.05, 0.1) is 0 Å². The molecule has 1 rings (SSSR count). The Morgan fingerprint density at radius 1 is 1.78 bits per heavy atom. The van der Waals surface area contributed by atoms with Crippen LogP contribution in [0.25, 0.3) is 0 Å². The quantitative estimate of drug-likeness (QED) is 0.509. The van der Waals surface area contributed by atoms with E-state index in [-0.39, 0.29) is 11.3 Å². The highest BCUT2D eigenvalue weighted by molar-refractivity contribution is 5.23. The standard InChI is InChI=1S/C7H11NO/c1-7(8)4-2-3-6(9)5-7/h2-3,5,9H,4,8H2,1H3. The van der Waals surface area contributed by atoms with E-state index >= 15 is 0 Å². The smallest absolute Gasteiger partial charge is 0.113 e. The first-order valence-electron chi connectivity index (χ1n) is 2.97. The molecule has 0 bridgehead atoms. The van der Waals surface area contributed by atoms with Gasteiger partial charge in [-0.1, -0.05) is 6.08 Å². The maximum atomic E-state index is 8.94. The molecule has 0 saturated heterocycles. The lowest BCUT2D eigenvalue weighted by atomic mass is 9.94. The Kier molecular flexibility index (Phi) is 1.33. The van der Waals surface area contributed by atoms with Gasteiger partial charge < -0.3 is 10.8 Å². The molecule has 0 aliphatic heterocycles. The molecule has 1 atom stereocenters. The molecule has 2 heteroatoms. The van der Waals surface area contributed by atoms with Crippen molar-refractivity contribution >= 4 is 0 Å². The van der Waals surface area contributed by atoms with E-state index in [0.29, 0.717) is 0 Å². The maximum absolute atomic E-state index is 8.94. The molecule has 0 aromatic carbocycles. The van der Waals surface area contributed by atoms with Crippen LogP contribution in [-0.4, -0.2) is 10.6 Å². The average Bonchev–Trinajstić information content (AvgIpc) is 1.60. The Bertz CT molecular complexity index is 168. The van der Waals surface area contributed by atoms with Crippen LogP contribution in [0.3, 0.4) is 0 Å². The molecular weight excluding hydrogens is 114 g/mol. The summed E-state index contributed by atoms with van der Waals surface area (Å²) in [7, 11) is 0. The Balaban J connectivity index is 2.78. The van der Waals surface area contributed by atoms with Crippen LogP contribution in [0.5, 0.6) is 0 Å².